The van der Waals surface area contributed by atoms with Crippen LogP contribution in [0.2, 0.25) is 0 Å². The summed E-state index contributed by atoms with van der Waals surface area (Å²) in [6.07, 6.45) is 6.78. The first-order valence-electron chi connectivity index (χ1n) is 4.64. The minimum absolute atomic E-state index is 0.119. The van der Waals surface area contributed by atoms with Crippen LogP contribution >= 0.6 is 0 Å². The van der Waals surface area contributed by atoms with Crippen molar-refractivity contribution in [1.82, 2.24) is 4.90 Å². The minimum Gasteiger partial charge on any atom is -0.379 e. The lowest BCUT2D eigenvalue weighted by Crippen LogP contribution is -2.36. The molecule has 13 heavy (non-hydrogen) atoms. The van der Waals surface area contributed by atoms with E-state index in [1.165, 1.54) is 0 Å². The van der Waals surface area contributed by atoms with Crippen LogP contribution in [0.3, 0.4) is 0 Å². The van der Waals surface area contributed by atoms with Gasteiger partial charge >= 0.3 is 0 Å². The summed E-state index contributed by atoms with van der Waals surface area (Å²) in [6.45, 7) is 2.18. The molecule has 0 spiro atoms. The number of amides is 1. The summed E-state index contributed by atoms with van der Waals surface area (Å²) in [4.78, 5) is 13.4. The number of carbonyl (C=O) groups excluding carboxylic acids is 1. The largest absolute Gasteiger partial charge is 0.379 e. The molecule has 2 rings (SSSR count). The summed E-state index contributed by atoms with van der Waals surface area (Å²) in [5, 5.41) is 0. The summed E-state index contributed by atoms with van der Waals surface area (Å²) in [6, 6.07) is 0.283. The molecule has 2 atom stereocenters. The van der Waals surface area contributed by atoms with Crippen LogP contribution in [0.5, 0.6) is 0 Å². The van der Waals surface area contributed by atoms with Crippen LogP contribution in [0.4, 0.5) is 0 Å². The molecule has 0 N–H and O–H groups in total. The zero-order valence-corrected chi connectivity index (χ0v) is 7.53. The van der Waals surface area contributed by atoms with Gasteiger partial charge in [0.25, 0.3) is 0 Å². The van der Waals surface area contributed by atoms with Gasteiger partial charge in [-0.05, 0) is 6.42 Å². The third-order valence-corrected chi connectivity index (χ3v) is 2.74. The Kier molecular flexibility index (Phi) is 2.24. The van der Waals surface area contributed by atoms with Gasteiger partial charge in [-0.15, -0.1) is 12.3 Å². The van der Waals surface area contributed by atoms with E-state index >= 15 is 0 Å². The molecule has 0 radical (unpaired) electrons. The maximum atomic E-state index is 11.5. The minimum atomic E-state index is 0.119. The van der Waals surface area contributed by atoms with Crippen LogP contribution in [0.25, 0.3) is 0 Å². The van der Waals surface area contributed by atoms with Gasteiger partial charge in [0.1, 0.15) is 0 Å². The van der Waals surface area contributed by atoms with Crippen molar-refractivity contribution >= 4 is 5.91 Å². The Bertz CT molecular complexity index is 250. The number of nitrogens with zero attached hydrogens (tertiary/aromatic N) is 1. The first-order valence-corrected chi connectivity index (χ1v) is 4.64. The highest BCUT2D eigenvalue weighted by Gasteiger charge is 2.34. The van der Waals surface area contributed by atoms with Gasteiger partial charge in [-0.2, -0.15) is 0 Å². The van der Waals surface area contributed by atoms with Gasteiger partial charge in [0.05, 0.1) is 12.6 Å². The molecule has 0 saturated carbocycles. The fourth-order valence-corrected chi connectivity index (χ4v) is 1.96. The Morgan fingerprint density at radius 2 is 2.46 bits per heavy atom. The van der Waals surface area contributed by atoms with Crippen molar-refractivity contribution in [2.75, 3.05) is 19.8 Å². The van der Waals surface area contributed by atoms with Crippen molar-refractivity contribution in [2.24, 2.45) is 5.92 Å². The average Bonchev–Trinajstić information content (AvgIpc) is 2.72. The zero-order chi connectivity index (χ0) is 9.26. The Morgan fingerprint density at radius 1 is 1.62 bits per heavy atom. The Balaban J connectivity index is 2.00. The molecule has 3 heteroatoms. The van der Waals surface area contributed by atoms with Crippen LogP contribution in [-0.2, 0) is 9.53 Å². The molecule has 2 aliphatic heterocycles. The van der Waals surface area contributed by atoms with Gasteiger partial charge in [0.15, 0.2) is 0 Å². The molecule has 70 valence electrons. The number of rotatable bonds is 1. The van der Waals surface area contributed by atoms with E-state index in [1.807, 2.05) is 4.90 Å². The molecule has 1 amide bonds. The molecule has 2 aliphatic rings. The second-order valence-corrected chi connectivity index (χ2v) is 3.63. The monoisotopic (exact) mass is 179 g/mol. The van der Waals surface area contributed by atoms with E-state index in [0.717, 1.165) is 19.6 Å². The van der Waals surface area contributed by atoms with Gasteiger partial charge in [0.2, 0.25) is 5.91 Å². The highest BCUT2D eigenvalue weighted by molar-refractivity contribution is 5.79. The molecule has 0 aromatic heterocycles. The quantitative estimate of drug-likeness (QED) is 0.540. The number of hydrogen-bond donors (Lipinski definition) is 0. The van der Waals surface area contributed by atoms with Crippen molar-refractivity contribution in [3.63, 3.8) is 0 Å². The van der Waals surface area contributed by atoms with E-state index < -0.39 is 0 Å². The molecule has 0 aromatic rings. The van der Waals surface area contributed by atoms with Gasteiger partial charge in [-0.3, -0.25) is 4.79 Å². The Labute approximate surface area is 78.0 Å². The molecule has 0 aliphatic carbocycles. The highest BCUT2D eigenvalue weighted by Crippen LogP contribution is 2.23. The predicted molar refractivity (Wildman–Crippen MR) is 47.9 cm³/mol. The number of terminal acetylenes is 1. The smallest absolute Gasteiger partial charge is 0.224 e. The second kappa shape index (κ2) is 3.39. The predicted octanol–water partition coefficient (Wildman–Crippen LogP) is 0.257. The first-order chi connectivity index (χ1) is 6.31. The lowest BCUT2D eigenvalue weighted by molar-refractivity contribution is -0.129. The first kappa shape index (κ1) is 8.58. The fourth-order valence-electron chi connectivity index (χ4n) is 1.96. The second-order valence-electron chi connectivity index (χ2n) is 3.63. The summed E-state index contributed by atoms with van der Waals surface area (Å²) in [5.74, 6) is 2.96. The SMILES string of the molecule is C#CC1CC(=O)N([C@@H]2CCOC2)C1. The van der Waals surface area contributed by atoms with Crippen molar-refractivity contribution in [2.45, 2.75) is 18.9 Å². The maximum Gasteiger partial charge on any atom is 0.224 e. The van der Waals surface area contributed by atoms with E-state index in [4.69, 9.17) is 11.2 Å². The van der Waals surface area contributed by atoms with Crippen molar-refractivity contribution in [3.05, 3.63) is 0 Å². The fraction of sp³-hybridized carbons (Fsp3) is 0.700. The molecule has 2 fully saturated rings. The average molecular weight is 179 g/mol. The molecular weight excluding hydrogens is 166 g/mol. The van der Waals surface area contributed by atoms with Gasteiger partial charge < -0.3 is 9.64 Å². The van der Waals surface area contributed by atoms with Gasteiger partial charge in [0, 0.05) is 25.5 Å². The lowest BCUT2D eigenvalue weighted by Gasteiger charge is -2.22. The van der Waals surface area contributed by atoms with E-state index in [9.17, 15) is 4.79 Å². The topological polar surface area (TPSA) is 29.5 Å². The van der Waals surface area contributed by atoms with E-state index in [-0.39, 0.29) is 17.9 Å². The summed E-state index contributed by atoms with van der Waals surface area (Å²) < 4.78 is 5.24. The zero-order valence-electron chi connectivity index (χ0n) is 7.53. The maximum absolute atomic E-state index is 11.5. The molecule has 0 bridgehead atoms. The third-order valence-electron chi connectivity index (χ3n) is 2.74. The summed E-state index contributed by atoms with van der Waals surface area (Å²) >= 11 is 0. The summed E-state index contributed by atoms with van der Waals surface area (Å²) in [7, 11) is 0. The molecular formula is C10H13NO2. The number of carbonyl (C=O) groups is 1. The molecule has 2 heterocycles. The number of likely N-dealkylation sites (tertiary alicyclic amines) is 1. The number of hydrogen-bond acceptors (Lipinski definition) is 2. The Hall–Kier alpha value is -1.01. The van der Waals surface area contributed by atoms with E-state index in [2.05, 4.69) is 5.92 Å². The van der Waals surface area contributed by atoms with Gasteiger partial charge in [-0.25, -0.2) is 0 Å². The van der Waals surface area contributed by atoms with Crippen molar-refractivity contribution in [3.8, 4) is 12.3 Å². The highest BCUT2D eigenvalue weighted by atomic mass is 16.5. The molecule has 3 nitrogen and oxygen atoms in total. The van der Waals surface area contributed by atoms with Crippen molar-refractivity contribution < 1.29 is 9.53 Å². The van der Waals surface area contributed by atoms with Crippen molar-refractivity contribution in [1.29, 1.82) is 0 Å². The Morgan fingerprint density at radius 3 is 3.00 bits per heavy atom. The lowest BCUT2D eigenvalue weighted by atomic mass is 10.1. The summed E-state index contributed by atoms with van der Waals surface area (Å²) in [5.41, 5.74) is 0. The molecule has 2 saturated heterocycles. The standard InChI is InChI=1S/C10H13NO2/c1-2-8-5-10(12)11(6-8)9-3-4-13-7-9/h1,8-9H,3-7H2/t8?,9-/m1/s1. The number of ether oxygens (including phenoxy) is 1. The van der Waals surface area contributed by atoms with Crippen LogP contribution < -0.4 is 0 Å². The van der Waals surface area contributed by atoms with Gasteiger partial charge in [-0.1, -0.05) is 0 Å². The molecule has 0 aromatic carbocycles. The van der Waals surface area contributed by atoms with Crippen LogP contribution in [0, 0.1) is 18.3 Å². The van der Waals surface area contributed by atoms with Crippen LogP contribution in [0.15, 0.2) is 0 Å². The molecule has 1 unspecified atom stereocenters. The van der Waals surface area contributed by atoms with E-state index in [1.54, 1.807) is 0 Å². The van der Waals surface area contributed by atoms with E-state index in [0.29, 0.717) is 13.0 Å². The normalized spacial score (nSPS) is 33.8. The van der Waals surface area contributed by atoms with Crippen LogP contribution in [-0.4, -0.2) is 36.6 Å². The van der Waals surface area contributed by atoms with Crippen LogP contribution in [0.1, 0.15) is 12.8 Å². The third kappa shape index (κ3) is 1.54.